The number of aromatic nitrogens is 2. The first-order chi connectivity index (χ1) is 13.8. The van der Waals surface area contributed by atoms with Gasteiger partial charge >= 0.3 is 6.09 Å². The largest absolute Gasteiger partial charge is 0.508 e. The Bertz CT molecular complexity index is 934. The maximum atomic E-state index is 12.3. The molecule has 3 rings (SSSR count). The predicted molar refractivity (Wildman–Crippen MR) is 107 cm³/mol. The van der Waals surface area contributed by atoms with Crippen LogP contribution in [0.1, 0.15) is 49.4 Å². The van der Waals surface area contributed by atoms with E-state index in [2.05, 4.69) is 15.5 Å². The van der Waals surface area contributed by atoms with Crippen molar-refractivity contribution in [1.82, 2.24) is 15.5 Å². The van der Waals surface area contributed by atoms with Crippen molar-refractivity contribution in [2.45, 2.75) is 45.3 Å². The molecular weight excluding hydrogens is 370 g/mol. The number of phenols is 1. The third-order valence-corrected chi connectivity index (χ3v) is 4.49. The van der Waals surface area contributed by atoms with Crippen molar-refractivity contribution in [3.05, 3.63) is 77.5 Å². The number of ether oxygens (including phenoxy) is 1. The van der Waals surface area contributed by atoms with E-state index in [-0.39, 0.29) is 23.7 Å². The number of hydrogen-bond donors (Lipinski definition) is 2. The van der Waals surface area contributed by atoms with Crippen LogP contribution in [0.5, 0.6) is 5.75 Å². The zero-order valence-electron chi connectivity index (χ0n) is 16.8. The molecule has 1 amide bonds. The molecule has 1 aromatic heterocycles. The molecule has 0 fully saturated rings. The van der Waals surface area contributed by atoms with E-state index < -0.39 is 12.1 Å². The minimum Gasteiger partial charge on any atom is -0.508 e. The Morgan fingerprint density at radius 2 is 1.93 bits per heavy atom. The van der Waals surface area contributed by atoms with E-state index in [1.807, 2.05) is 63.2 Å². The number of amides is 1. The SMILES string of the molecule is CC(C)(C)c1cc(CC(NC(=O)OCc2ccccc2)c2nnco2)ccc1O. The lowest BCUT2D eigenvalue weighted by Gasteiger charge is -2.22. The monoisotopic (exact) mass is 395 g/mol. The maximum Gasteiger partial charge on any atom is 0.408 e. The molecule has 0 saturated carbocycles. The fraction of sp³-hybridized carbons (Fsp3) is 0.318. The molecule has 3 aromatic rings. The summed E-state index contributed by atoms with van der Waals surface area (Å²) in [5.41, 5.74) is 2.41. The predicted octanol–water partition coefficient (Wildman–Crippen LogP) is 4.28. The second-order valence-corrected chi connectivity index (χ2v) is 7.84. The summed E-state index contributed by atoms with van der Waals surface area (Å²) >= 11 is 0. The van der Waals surface area contributed by atoms with E-state index in [1.165, 1.54) is 6.39 Å². The number of nitrogens with one attached hydrogen (secondary N) is 1. The van der Waals surface area contributed by atoms with Crippen LogP contribution in [0.3, 0.4) is 0 Å². The number of benzene rings is 2. The quantitative estimate of drug-likeness (QED) is 0.646. The average Bonchev–Trinajstić information content (AvgIpc) is 3.22. The molecule has 0 bridgehead atoms. The van der Waals surface area contributed by atoms with Crippen LogP contribution in [0, 0.1) is 0 Å². The molecule has 0 aliphatic carbocycles. The van der Waals surface area contributed by atoms with Gasteiger partial charge in [-0.25, -0.2) is 4.79 Å². The third-order valence-electron chi connectivity index (χ3n) is 4.49. The zero-order valence-corrected chi connectivity index (χ0v) is 16.8. The molecule has 7 heteroatoms. The number of hydrogen-bond acceptors (Lipinski definition) is 6. The van der Waals surface area contributed by atoms with Gasteiger partial charge in [-0.2, -0.15) is 0 Å². The molecule has 0 spiro atoms. The normalized spacial score (nSPS) is 12.4. The van der Waals surface area contributed by atoms with Gasteiger partial charge in [-0.1, -0.05) is 63.2 Å². The third kappa shape index (κ3) is 5.57. The minimum atomic E-state index is -0.577. The van der Waals surface area contributed by atoms with Crippen molar-refractivity contribution in [2.75, 3.05) is 0 Å². The average molecular weight is 395 g/mol. The van der Waals surface area contributed by atoms with Crippen molar-refractivity contribution in [2.24, 2.45) is 0 Å². The van der Waals surface area contributed by atoms with Crippen LogP contribution >= 0.6 is 0 Å². The number of carbonyl (C=O) groups excluding carboxylic acids is 1. The summed E-state index contributed by atoms with van der Waals surface area (Å²) in [6, 6.07) is 14.3. The molecule has 0 aliphatic rings. The fourth-order valence-corrected chi connectivity index (χ4v) is 2.99. The van der Waals surface area contributed by atoms with E-state index in [0.29, 0.717) is 6.42 Å². The summed E-state index contributed by atoms with van der Waals surface area (Å²) in [4.78, 5) is 12.3. The van der Waals surface area contributed by atoms with Gasteiger partial charge in [-0.15, -0.1) is 10.2 Å². The van der Waals surface area contributed by atoms with Crippen molar-refractivity contribution in [3.63, 3.8) is 0 Å². The summed E-state index contributed by atoms with van der Waals surface area (Å²) in [6.45, 7) is 6.25. The van der Waals surface area contributed by atoms with E-state index in [9.17, 15) is 9.90 Å². The Morgan fingerprint density at radius 1 is 1.17 bits per heavy atom. The summed E-state index contributed by atoms with van der Waals surface area (Å²) in [5, 5.41) is 20.6. The highest BCUT2D eigenvalue weighted by atomic mass is 16.5. The Morgan fingerprint density at radius 3 is 2.59 bits per heavy atom. The first-order valence-electron chi connectivity index (χ1n) is 9.38. The standard InChI is InChI=1S/C22H25N3O4/c1-22(2,3)17-11-16(9-10-19(17)26)12-18(20-25-23-14-29-20)24-21(27)28-13-15-7-5-4-6-8-15/h4-11,14,18,26H,12-13H2,1-3H3,(H,24,27). The maximum absolute atomic E-state index is 12.3. The van der Waals surface area contributed by atoms with Crippen LogP contribution in [0.2, 0.25) is 0 Å². The number of carbonyl (C=O) groups is 1. The summed E-state index contributed by atoms with van der Waals surface area (Å²) in [5.74, 6) is 0.526. The number of phenolic OH excluding ortho intramolecular Hbond substituents is 1. The molecule has 1 heterocycles. The highest BCUT2D eigenvalue weighted by Gasteiger charge is 2.23. The first-order valence-corrected chi connectivity index (χ1v) is 9.38. The summed E-state index contributed by atoms with van der Waals surface area (Å²) in [6.07, 6.45) is 1.05. The van der Waals surface area contributed by atoms with Crippen molar-refractivity contribution in [3.8, 4) is 5.75 Å². The molecule has 29 heavy (non-hydrogen) atoms. The highest BCUT2D eigenvalue weighted by Crippen LogP contribution is 2.32. The van der Waals surface area contributed by atoms with E-state index in [0.717, 1.165) is 16.7 Å². The lowest BCUT2D eigenvalue weighted by atomic mass is 9.85. The van der Waals surface area contributed by atoms with Gasteiger partial charge in [0.2, 0.25) is 12.3 Å². The van der Waals surface area contributed by atoms with Crippen LogP contribution in [0.15, 0.2) is 59.3 Å². The van der Waals surface area contributed by atoms with E-state index in [4.69, 9.17) is 9.15 Å². The second kappa shape index (κ2) is 8.77. The van der Waals surface area contributed by atoms with Crippen molar-refractivity contribution >= 4 is 6.09 Å². The molecule has 1 unspecified atom stereocenters. The van der Waals surface area contributed by atoms with Gasteiger partial charge in [0, 0.05) is 6.42 Å². The summed E-state index contributed by atoms with van der Waals surface area (Å²) in [7, 11) is 0. The molecule has 0 aliphatic heterocycles. The Labute approximate surface area is 169 Å². The molecular formula is C22H25N3O4. The lowest BCUT2D eigenvalue weighted by molar-refractivity contribution is 0.134. The smallest absolute Gasteiger partial charge is 0.408 e. The van der Waals surface area contributed by atoms with E-state index in [1.54, 1.807) is 6.07 Å². The highest BCUT2D eigenvalue weighted by molar-refractivity contribution is 5.67. The van der Waals surface area contributed by atoms with Gasteiger partial charge in [-0.05, 0) is 28.2 Å². The second-order valence-electron chi connectivity index (χ2n) is 7.84. The van der Waals surface area contributed by atoms with Gasteiger partial charge in [0.1, 0.15) is 18.4 Å². The number of alkyl carbamates (subject to hydrolysis) is 1. The molecule has 1 atom stereocenters. The molecule has 7 nitrogen and oxygen atoms in total. The number of nitrogens with zero attached hydrogens (tertiary/aromatic N) is 2. The molecule has 2 N–H and O–H groups in total. The minimum absolute atomic E-state index is 0.163. The van der Waals surface area contributed by atoms with Crippen molar-refractivity contribution in [1.29, 1.82) is 0 Å². The zero-order chi connectivity index (χ0) is 20.9. The lowest BCUT2D eigenvalue weighted by Crippen LogP contribution is -2.30. The van der Waals surface area contributed by atoms with E-state index >= 15 is 0 Å². The van der Waals surface area contributed by atoms with Gasteiger partial charge in [-0.3, -0.25) is 0 Å². The Balaban J connectivity index is 1.72. The molecule has 152 valence electrons. The molecule has 0 saturated heterocycles. The fourth-order valence-electron chi connectivity index (χ4n) is 2.99. The Kier molecular flexibility index (Phi) is 6.16. The Hall–Kier alpha value is -3.35. The van der Waals surface area contributed by atoms with Crippen LogP contribution < -0.4 is 5.32 Å². The topological polar surface area (TPSA) is 97.5 Å². The van der Waals surface area contributed by atoms with Gasteiger partial charge in [0.25, 0.3) is 0 Å². The van der Waals surface area contributed by atoms with Gasteiger partial charge < -0.3 is 19.6 Å². The number of aromatic hydroxyl groups is 1. The number of rotatable bonds is 6. The van der Waals surface area contributed by atoms with Crippen LogP contribution in [0.4, 0.5) is 4.79 Å². The van der Waals surface area contributed by atoms with Gasteiger partial charge in [0.15, 0.2) is 0 Å². The van der Waals surface area contributed by atoms with Crippen molar-refractivity contribution < 1.29 is 19.1 Å². The molecule has 0 radical (unpaired) electrons. The van der Waals surface area contributed by atoms with Crippen LogP contribution in [-0.2, 0) is 23.2 Å². The molecule has 2 aromatic carbocycles. The van der Waals surface area contributed by atoms with Gasteiger partial charge in [0.05, 0.1) is 0 Å². The first kappa shape index (κ1) is 20.4. The van der Waals surface area contributed by atoms with Crippen LogP contribution in [-0.4, -0.2) is 21.4 Å². The summed E-state index contributed by atoms with van der Waals surface area (Å²) < 4.78 is 10.6. The van der Waals surface area contributed by atoms with Crippen LogP contribution in [0.25, 0.3) is 0 Å².